The number of fused-ring (bicyclic) bond motifs is 1. The molecule has 2 heterocycles. The van der Waals surface area contributed by atoms with Crippen LogP contribution in [0, 0.1) is 21.1 Å². The predicted octanol–water partition coefficient (Wildman–Crippen LogP) is 3.01. The van der Waals surface area contributed by atoms with Crippen LogP contribution >= 0.6 is 23.2 Å². The molecule has 0 radical (unpaired) electrons. The van der Waals surface area contributed by atoms with Gasteiger partial charge in [-0.2, -0.15) is 14.2 Å². The van der Waals surface area contributed by atoms with Gasteiger partial charge in [0.05, 0.1) is 20.4 Å². The third-order valence-corrected chi connectivity index (χ3v) is 3.49. The Kier molecular flexibility index (Phi) is 3.34. The van der Waals surface area contributed by atoms with Crippen LogP contribution in [0.15, 0.2) is 30.7 Å². The summed E-state index contributed by atoms with van der Waals surface area (Å²) in [5.41, 5.74) is -0.168. The first-order valence-electron chi connectivity index (χ1n) is 5.78. The molecule has 10 heteroatoms. The van der Waals surface area contributed by atoms with Gasteiger partial charge in [0.1, 0.15) is 11.2 Å². The minimum absolute atomic E-state index is 0.0255. The van der Waals surface area contributed by atoms with Gasteiger partial charge >= 0.3 is 0 Å². The molecule has 0 bridgehead atoms. The van der Waals surface area contributed by atoms with Crippen molar-refractivity contribution in [1.82, 2.24) is 9.78 Å². The second-order valence-electron chi connectivity index (χ2n) is 4.36. The normalized spacial score (nSPS) is 11.0. The van der Waals surface area contributed by atoms with Gasteiger partial charge in [0, 0.05) is 18.3 Å². The van der Waals surface area contributed by atoms with Gasteiger partial charge in [0.2, 0.25) is 12.0 Å². The lowest BCUT2D eigenvalue weighted by Gasteiger charge is -2.06. The minimum atomic E-state index is -0.805. The first-order chi connectivity index (χ1) is 10.4. The Morgan fingerprint density at radius 2 is 1.91 bits per heavy atom. The summed E-state index contributed by atoms with van der Waals surface area (Å²) in [6.45, 7) is 0. The summed E-state index contributed by atoms with van der Waals surface area (Å²) in [6, 6.07) is 2.22. The molecule has 112 valence electrons. The number of hydrogen-bond acceptors (Lipinski definition) is 4. The summed E-state index contributed by atoms with van der Waals surface area (Å²) in [4.78, 5) is 10.1. The minimum Gasteiger partial charge on any atom is -0.619 e. The molecule has 0 N–H and O–H groups in total. The lowest BCUT2D eigenvalue weighted by atomic mass is 10.3. The fourth-order valence-electron chi connectivity index (χ4n) is 2.01. The highest BCUT2D eigenvalue weighted by atomic mass is 35.5. The van der Waals surface area contributed by atoms with Crippen molar-refractivity contribution in [2.75, 3.05) is 0 Å². The number of non-ortho nitro benzene ring substituents is 1. The Hall–Kier alpha value is -2.45. The van der Waals surface area contributed by atoms with Crippen molar-refractivity contribution in [3.63, 3.8) is 0 Å². The van der Waals surface area contributed by atoms with Crippen LogP contribution in [0.25, 0.3) is 16.6 Å². The molecule has 0 amide bonds. The second kappa shape index (κ2) is 5.08. The van der Waals surface area contributed by atoms with Crippen LogP contribution in [0.1, 0.15) is 0 Å². The molecule has 0 aliphatic carbocycles. The molecule has 2 aromatic heterocycles. The van der Waals surface area contributed by atoms with Gasteiger partial charge in [0.15, 0.2) is 6.20 Å². The lowest BCUT2D eigenvalue weighted by molar-refractivity contribution is -0.605. The Balaban J connectivity index is 2.24. The zero-order valence-corrected chi connectivity index (χ0v) is 12.0. The number of rotatable bonds is 2. The number of nitro groups is 1. The molecule has 3 rings (SSSR count). The number of pyridine rings is 1. The van der Waals surface area contributed by atoms with Gasteiger partial charge in [0.25, 0.3) is 5.69 Å². The van der Waals surface area contributed by atoms with Crippen molar-refractivity contribution in [3.8, 4) is 5.69 Å². The smallest absolute Gasteiger partial charge is 0.272 e. The summed E-state index contributed by atoms with van der Waals surface area (Å²) in [7, 11) is 0. The monoisotopic (exact) mass is 342 g/mol. The van der Waals surface area contributed by atoms with Crippen LogP contribution in [0.4, 0.5) is 10.1 Å². The molecule has 3 aromatic rings. The van der Waals surface area contributed by atoms with E-state index in [2.05, 4.69) is 5.10 Å². The van der Waals surface area contributed by atoms with E-state index in [1.807, 2.05) is 0 Å². The van der Waals surface area contributed by atoms with Crippen LogP contribution in [0.3, 0.4) is 0 Å². The molecule has 0 aliphatic heterocycles. The first-order valence-corrected chi connectivity index (χ1v) is 6.54. The summed E-state index contributed by atoms with van der Waals surface area (Å²) in [5.74, 6) is -0.805. The van der Waals surface area contributed by atoms with E-state index in [9.17, 15) is 19.7 Å². The van der Waals surface area contributed by atoms with Crippen molar-refractivity contribution in [1.29, 1.82) is 0 Å². The molecule has 0 atom stereocenters. The van der Waals surface area contributed by atoms with E-state index >= 15 is 0 Å². The summed E-state index contributed by atoms with van der Waals surface area (Å²) in [5, 5.41) is 26.1. The zero-order valence-electron chi connectivity index (χ0n) is 10.5. The van der Waals surface area contributed by atoms with Crippen LogP contribution in [0.2, 0.25) is 10.0 Å². The lowest BCUT2D eigenvalue weighted by Crippen LogP contribution is -2.24. The molecule has 0 fully saturated rings. The molecule has 7 nitrogen and oxygen atoms in total. The van der Waals surface area contributed by atoms with E-state index in [0.29, 0.717) is 4.73 Å². The quantitative estimate of drug-likeness (QED) is 0.310. The Morgan fingerprint density at radius 1 is 1.27 bits per heavy atom. The molecular weight excluding hydrogens is 338 g/mol. The topological polar surface area (TPSA) is 87.9 Å². The summed E-state index contributed by atoms with van der Waals surface area (Å²) in [6.07, 6.45) is 3.22. The largest absolute Gasteiger partial charge is 0.619 e. The average Bonchev–Trinajstić information content (AvgIpc) is 2.81. The van der Waals surface area contributed by atoms with Gasteiger partial charge in [-0.1, -0.05) is 23.2 Å². The van der Waals surface area contributed by atoms with Crippen molar-refractivity contribution in [2.24, 2.45) is 0 Å². The van der Waals surface area contributed by atoms with Crippen molar-refractivity contribution in [2.45, 2.75) is 0 Å². The number of nitro benzene ring substituents is 1. The van der Waals surface area contributed by atoms with E-state index in [4.69, 9.17) is 23.2 Å². The van der Waals surface area contributed by atoms with E-state index in [0.717, 1.165) is 24.5 Å². The molecule has 0 saturated heterocycles. The number of nitrogens with zero attached hydrogens (tertiary/aromatic N) is 4. The number of aromatic nitrogens is 3. The first kappa shape index (κ1) is 14.5. The van der Waals surface area contributed by atoms with E-state index in [1.165, 1.54) is 10.9 Å². The fraction of sp³-hybridized carbons (Fsp3) is 0. The number of halogens is 3. The van der Waals surface area contributed by atoms with Gasteiger partial charge in [-0.25, -0.2) is 4.68 Å². The highest BCUT2D eigenvalue weighted by Crippen LogP contribution is 2.33. The maximum absolute atomic E-state index is 13.7. The number of hydrogen-bond donors (Lipinski definition) is 0. The van der Waals surface area contributed by atoms with E-state index in [-0.39, 0.29) is 32.3 Å². The zero-order chi connectivity index (χ0) is 16.0. The van der Waals surface area contributed by atoms with Crippen molar-refractivity contribution < 1.29 is 14.0 Å². The average molecular weight is 343 g/mol. The van der Waals surface area contributed by atoms with Gasteiger partial charge in [-0.3, -0.25) is 10.1 Å². The molecule has 0 spiro atoms. The molecule has 22 heavy (non-hydrogen) atoms. The van der Waals surface area contributed by atoms with Crippen LogP contribution < -0.4 is 4.73 Å². The van der Waals surface area contributed by atoms with Crippen molar-refractivity contribution >= 4 is 39.8 Å². The van der Waals surface area contributed by atoms with E-state index in [1.54, 1.807) is 0 Å². The SMILES string of the molecule is O=[N+]([O-])c1cc(Cl)c(-n2cc3c[n+]([O-])cc(F)c3n2)c(Cl)c1. The van der Waals surface area contributed by atoms with Gasteiger partial charge < -0.3 is 5.21 Å². The molecule has 0 saturated carbocycles. The fourth-order valence-corrected chi connectivity index (χ4v) is 2.65. The standard InChI is InChI=1S/C12H5Cl2FN4O3/c13-8-1-7(19(21)22)2-9(14)12(8)18-4-6-3-17(20)5-10(15)11(6)16-18/h1-5H. The molecular formula is C12H5Cl2FN4O3. The third kappa shape index (κ3) is 2.32. The summed E-state index contributed by atoms with van der Waals surface area (Å²) < 4.78 is 15.2. The molecule has 0 aliphatic rings. The highest BCUT2D eigenvalue weighted by molar-refractivity contribution is 6.38. The maximum Gasteiger partial charge on any atom is 0.272 e. The van der Waals surface area contributed by atoms with Gasteiger partial charge in [-0.15, -0.1) is 0 Å². The summed E-state index contributed by atoms with van der Waals surface area (Å²) >= 11 is 12.0. The Morgan fingerprint density at radius 3 is 2.50 bits per heavy atom. The number of benzene rings is 1. The Labute approximate surface area is 131 Å². The molecule has 0 unspecified atom stereocenters. The Bertz CT molecular complexity index is 905. The van der Waals surface area contributed by atoms with Crippen molar-refractivity contribution in [3.05, 3.63) is 61.9 Å². The van der Waals surface area contributed by atoms with E-state index < -0.39 is 10.7 Å². The van der Waals surface area contributed by atoms with Crippen LogP contribution in [-0.4, -0.2) is 14.7 Å². The predicted molar refractivity (Wildman–Crippen MR) is 76.7 cm³/mol. The third-order valence-electron chi connectivity index (χ3n) is 2.92. The highest BCUT2D eigenvalue weighted by Gasteiger charge is 2.19. The maximum atomic E-state index is 13.7. The van der Waals surface area contributed by atoms with Crippen LogP contribution in [-0.2, 0) is 0 Å². The molecule has 1 aromatic carbocycles. The van der Waals surface area contributed by atoms with Gasteiger partial charge in [-0.05, 0) is 0 Å². The second-order valence-corrected chi connectivity index (χ2v) is 5.17. The van der Waals surface area contributed by atoms with Crippen LogP contribution in [0.5, 0.6) is 0 Å².